The summed E-state index contributed by atoms with van der Waals surface area (Å²) < 4.78 is 42.5. The number of hydrogen-bond acceptors (Lipinski definition) is 3. The van der Waals surface area contributed by atoms with Crippen LogP contribution in [-0.4, -0.2) is 23.4 Å². The quantitative estimate of drug-likeness (QED) is 0.585. The molecule has 0 saturated heterocycles. The van der Waals surface area contributed by atoms with E-state index in [-0.39, 0.29) is 12.2 Å². The van der Waals surface area contributed by atoms with Crippen LogP contribution in [0.1, 0.15) is 11.1 Å². The molecule has 0 fully saturated rings. The van der Waals surface area contributed by atoms with Crippen molar-refractivity contribution in [2.75, 3.05) is 6.61 Å². The Balaban J connectivity index is 1.44. The molecule has 3 N–H and O–H groups in total. The molecular weight excluding hydrogens is 375 g/mol. The SMILES string of the molecule is O=C(COc1ccc(C(F)(F)F)cc1)NNC(=O)Cc1c[nH]c2ccccc12. The number of fused-ring (bicyclic) bond motifs is 1. The third-order valence-electron chi connectivity index (χ3n) is 3.92. The van der Waals surface area contributed by atoms with Crippen molar-refractivity contribution in [1.82, 2.24) is 15.8 Å². The molecule has 2 amide bonds. The molecule has 3 aromatic rings. The highest BCUT2D eigenvalue weighted by atomic mass is 19.4. The molecule has 1 heterocycles. The minimum Gasteiger partial charge on any atom is -0.484 e. The zero-order valence-electron chi connectivity index (χ0n) is 14.5. The zero-order valence-corrected chi connectivity index (χ0v) is 14.5. The number of amides is 2. The van der Waals surface area contributed by atoms with Crippen LogP contribution in [0.15, 0.2) is 54.7 Å². The van der Waals surface area contributed by atoms with Crippen LogP contribution in [0, 0.1) is 0 Å². The molecule has 0 bridgehead atoms. The van der Waals surface area contributed by atoms with Crippen molar-refractivity contribution >= 4 is 22.7 Å². The minimum absolute atomic E-state index is 0.0596. The molecule has 0 radical (unpaired) electrons. The summed E-state index contributed by atoms with van der Waals surface area (Å²) in [5.74, 6) is -0.965. The van der Waals surface area contributed by atoms with Crippen LogP contribution in [0.2, 0.25) is 0 Å². The smallest absolute Gasteiger partial charge is 0.416 e. The molecule has 9 heteroatoms. The van der Waals surface area contributed by atoms with Gasteiger partial charge in [-0.25, -0.2) is 0 Å². The first kappa shape index (κ1) is 19.3. The van der Waals surface area contributed by atoms with Crippen LogP contribution in [0.4, 0.5) is 13.2 Å². The highest BCUT2D eigenvalue weighted by Gasteiger charge is 2.30. The number of hydrazine groups is 1. The van der Waals surface area contributed by atoms with Gasteiger partial charge in [-0.3, -0.25) is 20.4 Å². The number of aromatic amines is 1. The third kappa shape index (κ3) is 4.81. The lowest BCUT2D eigenvalue weighted by molar-refractivity contribution is -0.137. The van der Waals surface area contributed by atoms with Crippen LogP contribution < -0.4 is 15.6 Å². The van der Waals surface area contributed by atoms with Crippen LogP contribution in [0.3, 0.4) is 0 Å². The predicted octanol–water partition coefficient (Wildman–Crippen LogP) is 2.96. The molecule has 0 atom stereocenters. The van der Waals surface area contributed by atoms with Crippen molar-refractivity contribution in [3.05, 3.63) is 65.9 Å². The number of carbonyl (C=O) groups is 2. The Morgan fingerprint density at radius 1 is 0.964 bits per heavy atom. The number of nitrogens with one attached hydrogen (secondary N) is 3. The summed E-state index contributed by atoms with van der Waals surface area (Å²) in [4.78, 5) is 26.8. The fourth-order valence-electron chi connectivity index (χ4n) is 2.56. The first-order valence-corrected chi connectivity index (χ1v) is 8.25. The maximum Gasteiger partial charge on any atom is 0.416 e. The summed E-state index contributed by atoms with van der Waals surface area (Å²) >= 11 is 0. The van der Waals surface area contributed by atoms with Gasteiger partial charge in [-0.15, -0.1) is 0 Å². The zero-order chi connectivity index (χ0) is 20.1. The molecule has 0 saturated carbocycles. The van der Waals surface area contributed by atoms with Gasteiger partial charge in [0.2, 0.25) is 5.91 Å². The summed E-state index contributed by atoms with van der Waals surface area (Å²) in [7, 11) is 0. The Hall–Kier alpha value is -3.49. The second kappa shape index (κ2) is 8.03. The molecule has 0 spiro atoms. The molecule has 0 aliphatic rings. The fraction of sp³-hybridized carbons (Fsp3) is 0.158. The molecule has 6 nitrogen and oxygen atoms in total. The molecular formula is C19H16F3N3O3. The number of halogens is 3. The highest BCUT2D eigenvalue weighted by molar-refractivity contribution is 5.89. The number of aromatic nitrogens is 1. The van der Waals surface area contributed by atoms with Crippen LogP contribution in [0.25, 0.3) is 10.9 Å². The van der Waals surface area contributed by atoms with Gasteiger partial charge in [-0.2, -0.15) is 13.2 Å². The second-order valence-corrected chi connectivity index (χ2v) is 5.94. The van der Waals surface area contributed by atoms with Crippen LogP contribution >= 0.6 is 0 Å². The standard InChI is InChI=1S/C19H16F3N3O3/c20-19(21,22)13-5-7-14(8-6-13)28-11-18(27)25-24-17(26)9-12-10-23-16-4-2-1-3-15(12)16/h1-8,10,23H,9,11H2,(H,24,26)(H,25,27). The molecule has 1 aromatic heterocycles. The Kier molecular flexibility index (Phi) is 5.53. The summed E-state index contributed by atoms with van der Waals surface area (Å²) in [6.45, 7) is -0.460. The molecule has 0 aliphatic carbocycles. The average Bonchev–Trinajstić information content (AvgIpc) is 3.07. The van der Waals surface area contributed by atoms with Crippen LogP contribution in [0.5, 0.6) is 5.75 Å². The summed E-state index contributed by atoms with van der Waals surface area (Å²) in [5.41, 5.74) is 5.34. The van der Waals surface area contributed by atoms with Crippen molar-refractivity contribution in [3.63, 3.8) is 0 Å². The lowest BCUT2D eigenvalue weighted by Crippen LogP contribution is -2.44. The van der Waals surface area contributed by atoms with E-state index in [1.807, 2.05) is 24.3 Å². The molecule has 28 heavy (non-hydrogen) atoms. The first-order valence-electron chi connectivity index (χ1n) is 8.25. The van der Waals surface area contributed by atoms with Crippen molar-refractivity contribution in [1.29, 1.82) is 0 Å². The van der Waals surface area contributed by atoms with Gasteiger partial charge in [0.15, 0.2) is 6.61 Å². The van der Waals surface area contributed by atoms with E-state index in [0.29, 0.717) is 0 Å². The number of benzene rings is 2. The van der Waals surface area contributed by atoms with E-state index < -0.39 is 30.2 Å². The number of ether oxygens (including phenoxy) is 1. The van der Waals surface area contributed by atoms with Gasteiger partial charge >= 0.3 is 6.18 Å². The largest absolute Gasteiger partial charge is 0.484 e. The maximum atomic E-state index is 12.5. The van der Waals surface area contributed by atoms with Gasteiger partial charge < -0.3 is 9.72 Å². The van der Waals surface area contributed by atoms with E-state index in [1.165, 1.54) is 0 Å². The predicted molar refractivity (Wildman–Crippen MR) is 95.2 cm³/mol. The van der Waals surface area contributed by atoms with E-state index in [0.717, 1.165) is 40.7 Å². The van der Waals surface area contributed by atoms with Crippen LogP contribution in [-0.2, 0) is 22.2 Å². The van der Waals surface area contributed by atoms with Gasteiger partial charge in [0.1, 0.15) is 5.75 Å². The number of rotatable bonds is 5. The van der Waals surface area contributed by atoms with E-state index >= 15 is 0 Å². The first-order chi connectivity index (χ1) is 13.3. The Labute approximate surface area is 157 Å². The lowest BCUT2D eigenvalue weighted by Gasteiger charge is -2.10. The number of hydrogen-bond donors (Lipinski definition) is 3. The van der Waals surface area contributed by atoms with Crippen molar-refractivity contribution < 1.29 is 27.5 Å². The highest BCUT2D eigenvalue weighted by Crippen LogP contribution is 2.30. The molecule has 0 unspecified atom stereocenters. The van der Waals surface area contributed by atoms with Crippen molar-refractivity contribution in [2.45, 2.75) is 12.6 Å². The minimum atomic E-state index is -4.44. The average molecular weight is 391 g/mol. The number of alkyl halides is 3. The Morgan fingerprint density at radius 3 is 2.36 bits per heavy atom. The topological polar surface area (TPSA) is 83.2 Å². The summed E-state index contributed by atoms with van der Waals surface area (Å²) in [5, 5.41) is 0.912. The molecule has 2 aromatic carbocycles. The summed E-state index contributed by atoms with van der Waals surface area (Å²) in [6.07, 6.45) is -2.66. The molecule has 146 valence electrons. The van der Waals surface area contributed by atoms with Crippen molar-refractivity contribution in [3.8, 4) is 5.75 Å². The number of H-pyrrole nitrogens is 1. The monoisotopic (exact) mass is 391 g/mol. The number of carbonyl (C=O) groups excluding carboxylic acids is 2. The summed E-state index contributed by atoms with van der Waals surface area (Å²) in [6, 6.07) is 11.4. The fourth-order valence-corrected chi connectivity index (χ4v) is 2.56. The second-order valence-electron chi connectivity index (χ2n) is 5.94. The van der Waals surface area contributed by atoms with Gasteiger partial charge in [0.25, 0.3) is 5.91 Å². The Morgan fingerprint density at radius 2 is 1.64 bits per heavy atom. The van der Waals surface area contributed by atoms with Gasteiger partial charge in [0.05, 0.1) is 12.0 Å². The maximum absolute atomic E-state index is 12.5. The van der Waals surface area contributed by atoms with E-state index in [1.54, 1.807) is 6.20 Å². The third-order valence-corrected chi connectivity index (χ3v) is 3.92. The molecule has 3 rings (SSSR count). The Bertz CT molecular complexity index is 981. The van der Waals surface area contributed by atoms with Gasteiger partial charge in [-0.1, -0.05) is 18.2 Å². The van der Waals surface area contributed by atoms with Crippen molar-refractivity contribution in [2.24, 2.45) is 0 Å². The van der Waals surface area contributed by atoms with Gasteiger partial charge in [0, 0.05) is 17.1 Å². The number of para-hydroxylation sites is 1. The van der Waals surface area contributed by atoms with Gasteiger partial charge in [-0.05, 0) is 35.9 Å². The molecule has 0 aliphatic heterocycles. The lowest BCUT2D eigenvalue weighted by atomic mass is 10.1. The van der Waals surface area contributed by atoms with E-state index in [2.05, 4.69) is 15.8 Å². The van der Waals surface area contributed by atoms with E-state index in [4.69, 9.17) is 4.74 Å². The normalized spacial score (nSPS) is 11.2. The van der Waals surface area contributed by atoms with E-state index in [9.17, 15) is 22.8 Å².